The predicted octanol–water partition coefficient (Wildman–Crippen LogP) is 24.1. The van der Waals surface area contributed by atoms with Crippen LogP contribution in [0.3, 0.4) is 0 Å². The summed E-state index contributed by atoms with van der Waals surface area (Å²) in [6.45, 7) is 26.8. The molecule has 0 saturated carbocycles. The molecule has 0 nitrogen and oxygen atoms in total. The van der Waals surface area contributed by atoms with Crippen LogP contribution in [0, 0.1) is 16.2 Å². The molecule has 0 bridgehead atoms. The Morgan fingerprint density at radius 1 is 0.369 bits per heavy atom. The molecule has 65 heavy (non-hydrogen) atoms. The van der Waals surface area contributed by atoms with Crippen LogP contribution < -0.4 is 0 Å². The molecule has 0 saturated heterocycles. The molecule has 0 amide bonds. The zero-order valence-electron chi connectivity index (χ0n) is 46.7. The summed E-state index contributed by atoms with van der Waals surface area (Å²) >= 11 is 0. The summed E-state index contributed by atoms with van der Waals surface area (Å²) in [7, 11) is 0. The van der Waals surface area contributed by atoms with Crippen molar-refractivity contribution in [2.24, 2.45) is 16.2 Å². The predicted molar refractivity (Wildman–Crippen MR) is 302 cm³/mol. The highest BCUT2D eigenvalue weighted by atomic mass is 14.6. The third kappa shape index (κ3) is 27.5. The van der Waals surface area contributed by atoms with Gasteiger partial charge in [0.05, 0.1) is 0 Å². The van der Waals surface area contributed by atoms with Crippen molar-refractivity contribution < 1.29 is 0 Å². The normalized spacial score (nSPS) is 15.5. The minimum Gasteiger partial charge on any atom is -0.102 e. The third-order valence-corrected chi connectivity index (χ3v) is 16.0. The largest absolute Gasteiger partial charge is 0.102 e. The molecule has 0 aromatic heterocycles. The van der Waals surface area contributed by atoms with Gasteiger partial charge in [-0.3, -0.25) is 0 Å². The first kappa shape index (κ1) is 63.7. The number of unbranched alkanes of at least 4 members (excludes halogenated alkanes) is 31. The number of hydrogen-bond donors (Lipinski definition) is 0. The van der Waals surface area contributed by atoms with Gasteiger partial charge in [0, 0.05) is 5.41 Å². The van der Waals surface area contributed by atoms with E-state index in [2.05, 4.69) is 105 Å². The molecular weight excluding hydrogens is 781 g/mol. The first-order valence-corrected chi connectivity index (χ1v) is 30.2. The van der Waals surface area contributed by atoms with Crippen LogP contribution in [0.4, 0.5) is 0 Å². The van der Waals surface area contributed by atoms with E-state index in [4.69, 9.17) is 6.58 Å². The van der Waals surface area contributed by atoms with Crippen molar-refractivity contribution in [2.45, 2.75) is 338 Å². The van der Waals surface area contributed by atoms with Crippen molar-refractivity contribution in [3.63, 3.8) is 0 Å². The van der Waals surface area contributed by atoms with Gasteiger partial charge in [-0.25, -0.2) is 0 Å². The lowest BCUT2D eigenvalue weighted by Gasteiger charge is -2.61. The van der Waals surface area contributed by atoms with Crippen LogP contribution in [0.5, 0.6) is 0 Å². The van der Waals surface area contributed by atoms with Gasteiger partial charge >= 0.3 is 0 Å². The summed E-state index contributed by atoms with van der Waals surface area (Å²) in [5.74, 6) is 0. The van der Waals surface area contributed by atoms with Crippen LogP contribution in [0.2, 0.25) is 0 Å². The maximum absolute atomic E-state index is 5.13. The molecule has 0 aromatic carbocycles. The van der Waals surface area contributed by atoms with Crippen LogP contribution in [-0.4, -0.2) is 0 Å². The first-order chi connectivity index (χ1) is 31.8. The van der Waals surface area contributed by atoms with Gasteiger partial charge in [0.2, 0.25) is 0 Å². The second kappa shape index (κ2) is 45.2. The van der Waals surface area contributed by atoms with Crippen molar-refractivity contribution in [2.75, 3.05) is 0 Å². The van der Waals surface area contributed by atoms with Gasteiger partial charge in [0.1, 0.15) is 0 Å². The van der Waals surface area contributed by atoms with Crippen LogP contribution in [-0.2, 0) is 0 Å². The van der Waals surface area contributed by atoms with Gasteiger partial charge in [-0.15, -0.1) is 6.58 Å². The summed E-state index contributed by atoms with van der Waals surface area (Å²) in [6, 6.07) is 0. The van der Waals surface area contributed by atoms with E-state index in [1.54, 1.807) is 5.57 Å². The lowest BCUT2D eigenvalue weighted by molar-refractivity contribution is -0.0739. The maximum atomic E-state index is 5.13. The van der Waals surface area contributed by atoms with Gasteiger partial charge in [-0.1, -0.05) is 329 Å². The topological polar surface area (TPSA) is 0 Å². The van der Waals surface area contributed by atoms with Gasteiger partial charge in [-0.2, -0.15) is 0 Å². The quantitative estimate of drug-likeness (QED) is 0.0324. The van der Waals surface area contributed by atoms with Crippen LogP contribution >= 0.6 is 0 Å². The maximum Gasteiger partial charge on any atom is 0.0197 e. The van der Waals surface area contributed by atoms with Gasteiger partial charge in [-0.05, 0) is 73.8 Å². The number of hydrogen-bond acceptors (Lipinski definition) is 0. The zero-order valence-corrected chi connectivity index (χ0v) is 46.7. The van der Waals surface area contributed by atoms with Gasteiger partial charge in [0.15, 0.2) is 0 Å². The molecule has 0 spiro atoms. The Hall–Kier alpha value is -1.30. The fourth-order valence-corrected chi connectivity index (χ4v) is 12.0. The highest BCUT2D eigenvalue weighted by molar-refractivity contribution is 5.48. The molecule has 3 atom stereocenters. The van der Waals surface area contributed by atoms with Crippen molar-refractivity contribution in [3.05, 3.63) is 60.3 Å². The zero-order chi connectivity index (χ0) is 48.0. The first-order valence-electron chi connectivity index (χ1n) is 30.2. The molecule has 0 radical (unpaired) electrons. The molecule has 0 aromatic rings. The fraction of sp³-hybridized carbons (Fsp3) is 0.846. The van der Waals surface area contributed by atoms with Crippen molar-refractivity contribution >= 4 is 0 Å². The Labute approximate surface area is 413 Å². The van der Waals surface area contributed by atoms with Gasteiger partial charge < -0.3 is 0 Å². The van der Waals surface area contributed by atoms with E-state index in [-0.39, 0.29) is 16.2 Å². The molecule has 382 valence electrons. The molecule has 3 unspecified atom stereocenters. The molecule has 0 heterocycles. The van der Waals surface area contributed by atoms with E-state index in [9.17, 15) is 0 Å². The van der Waals surface area contributed by atoms with Crippen LogP contribution in [0.1, 0.15) is 338 Å². The van der Waals surface area contributed by atoms with E-state index in [1.807, 2.05) is 0 Å². The van der Waals surface area contributed by atoms with E-state index >= 15 is 0 Å². The third-order valence-electron chi connectivity index (χ3n) is 16.0. The second-order valence-corrected chi connectivity index (χ2v) is 21.5. The smallest absolute Gasteiger partial charge is 0.0197 e. The monoisotopic (exact) mass is 903 g/mol. The highest BCUT2D eigenvalue weighted by Crippen LogP contribution is 2.67. The Balaban J connectivity index is 8.21. The average molecular weight is 904 g/mol. The van der Waals surface area contributed by atoms with E-state index in [0.717, 1.165) is 12.8 Å². The van der Waals surface area contributed by atoms with Crippen LogP contribution in [0.25, 0.3) is 0 Å². The Morgan fingerprint density at radius 3 is 1.02 bits per heavy atom. The van der Waals surface area contributed by atoms with Crippen molar-refractivity contribution in [1.82, 2.24) is 0 Å². The lowest BCUT2D eigenvalue weighted by atomic mass is 9.42. The SMILES string of the molecule is C=CC(CCCCCCCCCCC)(C(C=CC)=C(C=CCC)C=CCCC)C(CCCCCCCCC)(CCCCCCCCCC)C(C)(CCCCCCC)CCCCCCCC. The van der Waals surface area contributed by atoms with Crippen molar-refractivity contribution in [3.8, 4) is 0 Å². The highest BCUT2D eigenvalue weighted by Gasteiger charge is 2.58. The summed E-state index contributed by atoms with van der Waals surface area (Å²) in [4.78, 5) is 0. The van der Waals surface area contributed by atoms with E-state index in [1.165, 1.54) is 269 Å². The number of rotatable bonds is 50. The molecule has 0 rings (SSSR count). The summed E-state index contributed by atoms with van der Waals surface area (Å²) < 4.78 is 0. The Kier molecular flexibility index (Phi) is 44.3. The molecule has 0 fully saturated rings. The molecule has 0 aliphatic rings. The standard InChI is InChI=1S/C65H122/c1-11-20-27-32-36-38-40-44-50-58-64(19-9,62(53-18-8)61(54-26-17-7)55-47-25-16-6)65(59-51-45-39-34-29-22-13-3,60-52-46-41-37-33-28-21-12-2)63(10,56-48-42-31-24-15-5)57-49-43-35-30-23-14-4/h18-19,26,47,53-55H,9,11-17,20-25,27-46,48-52,56-60H2,1-8,10H3. The van der Waals surface area contributed by atoms with Crippen LogP contribution in [0.15, 0.2) is 60.3 Å². The Bertz CT molecular complexity index is 1150. The van der Waals surface area contributed by atoms with E-state index < -0.39 is 0 Å². The Morgan fingerprint density at radius 2 is 0.692 bits per heavy atom. The molecule has 0 heteroatoms. The second-order valence-electron chi connectivity index (χ2n) is 21.5. The average Bonchev–Trinajstić information content (AvgIpc) is 3.31. The summed E-state index contributed by atoms with van der Waals surface area (Å²) in [5, 5.41) is 0. The molecule has 0 aliphatic heterocycles. The molecular formula is C65H122. The molecule has 0 aliphatic carbocycles. The van der Waals surface area contributed by atoms with E-state index in [0.29, 0.717) is 0 Å². The summed E-state index contributed by atoms with van der Waals surface area (Å²) in [5.41, 5.74) is 3.35. The van der Waals surface area contributed by atoms with Crippen molar-refractivity contribution in [1.29, 1.82) is 0 Å². The van der Waals surface area contributed by atoms with Gasteiger partial charge in [0.25, 0.3) is 0 Å². The summed E-state index contributed by atoms with van der Waals surface area (Å²) in [6.07, 6.45) is 76.4. The molecule has 0 N–H and O–H groups in total. The lowest BCUT2D eigenvalue weighted by Crippen LogP contribution is -2.53. The minimum atomic E-state index is -0.103. The minimum absolute atomic E-state index is 0.103. The fourth-order valence-electron chi connectivity index (χ4n) is 12.0. The number of allylic oxidation sites excluding steroid dienone is 9.